The van der Waals surface area contributed by atoms with E-state index in [1.165, 1.54) is 23.1 Å². The van der Waals surface area contributed by atoms with Gasteiger partial charge >= 0.3 is 0 Å². The molecular weight excluding hydrogens is 569 g/mol. The Labute approximate surface area is 247 Å². The SMILES string of the molecule is CC[C@@H](C(=O)NC(C)(C)C)N(Cc1ccccc1Cl)C(=O)CN(c1ccc(C)c(Cl)c1)S(=O)(=O)c1ccccc1. The van der Waals surface area contributed by atoms with Gasteiger partial charge in [0.05, 0.1) is 10.6 Å². The van der Waals surface area contributed by atoms with Crippen LogP contribution in [0, 0.1) is 6.92 Å². The average Bonchev–Trinajstić information content (AvgIpc) is 2.89. The number of amides is 2. The molecule has 1 N–H and O–H groups in total. The zero-order chi connectivity index (χ0) is 29.7. The number of aryl methyl sites for hydroxylation is 1. The second kappa shape index (κ2) is 13.1. The number of nitrogens with zero attached hydrogens (tertiary/aromatic N) is 2. The molecule has 0 aliphatic carbocycles. The van der Waals surface area contributed by atoms with Crippen molar-refractivity contribution in [1.82, 2.24) is 10.2 Å². The molecule has 10 heteroatoms. The molecule has 3 rings (SSSR count). The Morgan fingerprint density at radius 2 is 1.55 bits per heavy atom. The minimum atomic E-state index is -4.17. The molecule has 0 aliphatic rings. The van der Waals surface area contributed by atoms with Crippen molar-refractivity contribution < 1.29 is 18.0 Å². The van der Waals surface area contributed by atoms with Crippen LogP contribution in [-0.4, -0.2) is 43.3 Å². The van der Waals surface area contributed by atoms with E-state index in [1.54, 1.807) is 68.4 Å². The van der Waals surface area contributed by atoms with Gasteiger partial charge in [0, 0.05) is 22.1 Å². The van der Waals surface area contributed by atoms with Gasteiger partial charge in [0.25, 0.3) is 10.0 Å². The minimum Gasteiger partial charge on any atom is -0.350 e. The number of hydrogen-bond acceptors (Lipinski definition) is 4. The van der Waals surface area contributed by atoms with E-state index in [1.807, 2.05) is 20.8 Å². The fraction of sp³-hybridized carbons (Fsp3) is 0.333. The third-order valence-corrected chi connectivity index (χ3v) is 8.80. The highest BCUT2D eigenvalue weighted by atomic mass is 35.5. The van der Waals surface area contributed by atoms with Gasteiger partial charge in [-0.25, -0.2) is 8.42 Å². The normalized spacial score (nSPS) is 12.5. The van der Waals surface area contributed by atoms with E-state index < -0.39 is 34.1 Å². The Morgan fingerprint density at radius 3 is 2.12 bits per heavy atom. The summed E-state index contributed by atoms with van der Waals surface area (Å²) in [6.45, 7) is 8.63. The minimum absolute atomic E-state index is 0.0163. The van der Waals surface area contributed by atoms with Gasteiger partial charge in [-0.3, -0.25) is 13.9 Å². The maximum absolute atomic E-state index is 14.1. The second-order valence-corrected chi connectivity index (χ2v) is 13.2. The number of hydrogen-bond donors (Lipinski definition) is 1. The lowest BCUT2D eigenvalue weighted by Gasteiger charge is -2.35. The van der Waals surface area contributed by atoms with Crippen molar-refractivity contribution in [2.45, 2.75) is 64.1 Å². The standard InChI is InChI=1S/C30H35Cl2N3O4S/c1-6-27(29(37)33-30(3,4)5)34(19-22-12-10-11-15-25(22)31)28(36)20-35(23-17-16-21(2)26(32)18-23)40(38,39)24-13-8-7-9-14-24/h7-18,27H,6,19-20H2,1-5H3,(H,33,37)/t27-/m0/s1. The van der Waals surface area contributed by atoms with Crippen molar-refractivity contribution in [3.05, 3.63) is 94.0 Å². The van der Waals surface area contributed by atoms with Gasteiger partial charge in [-0.15, -0.1) is 0 Å². The summed E-state index contributed by atoms with van der Waals surface area (Å²) in [5, 5.41) is 3.74. The smallest absolute Gasteiger partial charge is 0.264 e. The summed E-state index contributed by atoms with van der Waals surface area (Å²) in [5.41, 5.74) is 1.09. The first-order valence-corrected chi connectivity index (χ1v) is 15.1. The summed E-state index contributed by atoms with van der Waals surface area (Å²) < 4.78 is 28.8. The highest BCUT2D eigenvalue weighted by molar-refractivity contribution is 7.92. The average molecular weight is 605 g/mol. The number of anilines is 1. The first-order valence-electron chi connectivity index (χ1n) is 12.9. The number of carbonyl (C=O) groups is 2. The lowest BCUT2D eigenvalue weighted by atomic mass is 10.1. The van der Waals surface area contributed by atoms with Gasteiger partial charge < -0.3 is 10.2 Å². The molecule has 3 aromatic rings. The third kappa shape index (κ3) is 7.77. The summed E-state index contributed by atoms with van der Waals surface area (Å²) in [4.78, 5) is 28.9. The molecule has 7 nitrogen and oxygen atoms in total. The van der Waals surface area contributed by atoms with Crippen LogP contribution in [-0.2, 0) is 26.2 Å². The number of nitrogens with one attached hydrogen (secondary N) is 1. The van der Waals surface area contributed by atoms with Crippen molar-refractivity contribution in [1.29, 1.82) is 0 Å². The van der Waals surface area contributed by atoms with Gasteiger partial charge in [-0.05, 0) is 75.6 Å². The predicted octanol–water partition coefficient (Wildman–Crippen LogP) is 6.22. The zero-order valence-electron chi connectivity index (χ0n) is 23.3. The first kappa shape index (κ1) is 31.5. The Kier molecular flexibility index (Phi) is 10.3. The van der Waals surface area contributed by atoms with Crippen molar-refractivity contribution in [2.24, 2.45) is 0 Å². The molecule has 0 bridgehead atoms. The summed E-state index contributed by atoms with van der Waals surface area (Å²) in [6.07, 6.45) is 0.305. The molecule has 0 saturated heterocycles. The van der Waals surface area contributed by atoms with Gasteiger partial charge in [-0.1, -0.05) is 72.6 Å². The second-order valence-electron chi connectivity index (χ2n) is 10.5. The fourth-order valence-corrected chi connectivity index (χ4v) is 5.97. The molecule has 1 atom stereocenters. The summed E-state index contributed by atoms with van der Waals surface area (Å²) >= 11 is 12.8. The van der Waals surface area contributed by atoms with Gasteiger partial charge in [0.1, 0.15) is 12.6 Å². The summed E-state index contributed by atoms with van der Waals surface area (Å²) in [5.74, 6) is -0.904. The molecule has 0 aliphatic heterocycles. The van der Waals surface area contributed by atoms with E-state index in [4.69, 9.17) is 23.2 Å². The molecule has 3 aromatic carbocycles. The molecule has 0 radical (unpaired) electrons. The predicted molar refractivity (Wildman–Crippen MR) is 161 cm³/mol. The highest BCUT2D eigenvalue weighted by Crippen LogP contribution is 2.29. The monoisotopic (exact) mass is 603 g/mol. The van der Waals surface area contributed by atoms with Crippen LogP contribution in [0.4, 0.5) is 5.69 Å². The van der Waals surface area contributed by atoms with Gasteiger partial charge in [0.2, 0.25) is 11.8 Å². The Balaban J connectivity index is 2.10. The van der Waals surface area contributed by atoms with E-state index in [0.717, 1.165) is 9.87 Å². The maximum Gasteiger partial charge on any atom is 0.264 e. The van der Waals surface area contributed by atoms with E-state index in [-0.39, 0.29) is 23.0 Å². The first-order chi connectivity index (χ1) is 18.7. The van der Waals surface area contributed by atoms with Crippen molar-refractivity contribution in [3.8, 4) is 0 Å². The van der Waals surface area contributed by atoms with Crippen molar-refractivity contribution >= 4 is 50.7 Å². The quantitative estimate of drug-likeness (QED) is 0.298. The van der Waals surface area contributed by atoms with E-state index in [0.29, 0.717) is 22.0 Å². The van der Waals surface area contributed by atoms with E-state index in [2.05, 4.69) is 5.32 Å². The highest BCUT2D eigenvalue weighted by Gasteiger charge is 2.35. The molecule has 0 fully saturated rings. The van der Waals surface area contributed by atoms with Crippen LogP contribution in [0.2, 0.25) is 10.0 Å². The molecule has 0 aromatic heterocycles. The molecule has 0 heterocycles. The molecule has 0 saturated carbocycles. The summed E-state index contributed by atoms with van der Waals surface area (Å²) in [7, 11) is -4.17. The van der Waals surface area contributed by atoms with Crippen molar-refractivity contribution in [3.63, 3.8) is 0 Å². The largest absolute Gasteiger partial charge is 0.350 e. The van der Waals surface area contributed by atoms with Crippen LogP contribution in [0.5, 0.6) is 0 Å². The lowest BCUT2D eigenvalue weighted by molar-refractivity contribution is -0.141. The Bertz CT molecular complexity index is 1460. The Morgan fingerprint density at radius 1 is 0.925 bits per heavy atom. The van der Waals surface area contributed by atoms with E-state index >= 15 is 0 Å². The van der Waals surface area contributed by atoms with Crippen LogP contribution in [0.25, 0.3) is 0 Å². The maximum atomic E-state index is 14.1. The van der Waals surface area contributed by atoms with Gasteiger partial charge in [0.15, 0.2) is 0 Å². The summed E-state index contributed by atoms with van der Waals surface area (Å²) in [6, 6.07) is 18.9. The fourth-order valence-electron chi connectivity index (χ4n) is 4.17. The number of sulfonamides is 1. The number of rotatable bonds is 10. The van der Waals surface area contributed by atoms with E-state index in [9.17, 15) is 18.0 Å². The van der Waals surface area contributed by atoms with Crippen LogP contribution >= 0.6 is 23.2 Å². The zero-order valence-corrected chi connectivity index (χ0v) is 25.6. The molecule has 40 heavy (non-hydrogen) atoms. The van der Waals surface area contributed by atoms with Crippen LogP contribution in [0.3, 0.4) is 0 Å². The van der Waals surface area contributed by atoms with Crippen LogP contribution in [0.1, 0.15) is 45.2 Å². The number of carbonyl (C=O) groups excluding carboxylic acids is 2. The van der Waals surface area contributed by atoms with Crippen LogP contribution in [0.15, 0.2) is 77.7 Å². The molecule has 214 valence electrons. The number of halogens is 2. The Hall–Kier alpha value is -3.07. The topological polar surface area (TPSA) is 86.8 Å². The number of benzene rings is 3. The lowest BCUT2D eigenvalue weighted by Crippen LogP contribution is -2.55. The molecular formula is C30H35Cl2N3O4S. The molecule has 0 spiro atoms. The molecule has 2 amide bonds. The third-order valence-electron chi connectivity index (χ3n) is 6.24. The molecule has 0 unspecified atom stereocenters. The van der Waals surface area contributed by atoms with Crippen molar-refractivity contribution in [2.75, 3.05) is 10.8 Å². The van der Waals surface area contributed by atoms with Crippen LogP contribution < -0.4 is 9.62 Å². The van der Waals surface area contributed by atoms with Gasteiger partial charge in [-0.2, -0.15) is 0 Å².